The maximum Gasteiger partial charge on any atom is 0.229 e. The number of phenols is 2. The van der Waals surface area contributed by atoms with Crippen LogP contribution in [0.1, 0.15) is 42.2 Å². The third kappa shape index (κ3) is 9.74. The summed E-state index contributed by atoms with van der Waals surface area (Å²) in [5.41, 5.74) is 2.45. The van der Waals surface area contributed by atoms with Gasteiger partial charge in [-0.15, -0.1) is 0 Å². The molecule has 0 fully saturated rings. The summed E-state index contributed by atoms with van der Waals surface area (Å²) in [5, 5.41) is 37.1. The second-order valence-corrected chi connectivity index (χ2v) is 12.3. The fourth-order valence-electron chi connectivity index (χ4n) is 4.08. The minimum Gasteiger partial charge on any atom is -0.508 e. The fraction of sp³-hybridized carbons (Fsp3) is 0.321. The zero-order valence-corrected chi connectivity index (χ0v) is 23.6. The number of carbonyl (C=O) groups excluding carboxylic acids is 1. The van der Waals surface area contributed by atoms with E-state index in [1.54, 1.807) is 12.1 Å². The van der Waals surface area contributed by atoms with Crippen LogP contribution in [-0.4, -0.2) is 48.0 Å². The number of anilines is 1. The van der Waals surface area contributed by atoms with Gasteiger partial charge in [0.1, 0.15) is 11.5 Å². The van der Waals surface area contributed by atoms with E-state index >= 15 is 0 Å². The van der Waals surface area contributed by atoms with E-state index in [0.29, 0.717) is 22.6 Å². The number of nitrogens with one attached hydrogen (secondary N) is 3. The minimum absolute atomic E-state index is 0.000806. The largest absolute Gasteiger partial charge is 0.508 e. The van der Waals surface area contributed by atoms with Crippen LogP contribution in [0.5, 0.6) is 11.5 Å². The van der Waals surface area contributed by atoms with Gasteiger partial charge in [-0.25, -0.2) is 8.42 Å². The van der Waals surface area contributed by atoms with Crippen molar-refractivity contribution >= 4 is 33.2 Å². The highest BCUT2D eigenvalue weighted by Gasteiger charge is 2.21. The zero-order valence-electron chi connectivity index (χ0n) is 22.0. The molecule has 0 aliphatic carbocycles. The molecule has 3 aromatic rings. The Morgan fingerprint density at radius 2 is 1.72 bits per heavy atom. The Kier molecular flexibility index (Phi) is 9.84. The van der Waals surface area contributed by atoms with Crippen LogP contribution in [0.3, 0.4) is 0 Å². The van der Waals surface area contributed by atoms with Crippen molar-refractivity contribution in [1.29, 1.82) is 0 Å². The first kappa shape index (κ1) is 30.2. The SMILES string of the molecule is CC(C)(Cc1cccc(CC(=O)NCc2ccc(Cl)cc2O)c1)NC[C@@H](O)c1ccc(O)c(NS(C)(=O)=O)c1. The Bertz CT molecular complexity index is 1430. The van der Waals surface area contributed by atoms with Gasteiger partial charge in [0.2, 0.25) is 15.9 Å². The van der Waals surface area contributed by atoms with Gasteiger partial charge in [-0.1, -0.05) is 48.0 Å². The van der Waals surface area contributed by atoms with Gasteiger partial charge in [0.05, 0.1) is 24.5 Å². The summed E-state index contributed by atoms with van der Waals surface area (Å²) in [4.78, 5) is 12.5. The Labute approximate surface area is 233 Å². The number of amides is 1. The second-order valence-electron chi connectivity index (χ2n) is 10.2. The lowest BCUT2D eigenvalue weighted by Gasteiger charge is -2.28. The van der Waals surface area contributed by atoms with Crippen molar-refractivity contribution in [2.24, 2.45) is 0 Å². The van der Waals surface area contributed by atoms with E-state index in [9.17, 15) is 28.5 Å². The number of aliphatic hydroxyl groups excluding tert-OH is 1. The van der Waals surface area contributed by atoms with Crippen LogP contribution in [0, 0.1) is 0 Å². The molecule has 1 amide bonds. The average Bonchev–Trinajstić information content (AvgIpc) is 2.82. The van der Waals surface area contributed by atoms with E-state index in [1.807, 2.05) is 38.1 Å². The molecule has 3 aromatic carbocycles. The van der Waals surface area contributed by atoms with Crippen molar-refractivity contribution < 1.29 is 28.5 Å². The maximum absolute atomic E-state index is 12.5. The molecule has 11 heteroatoms. The average molecular weight is 576 g/mol. The predicted molar refractivity (Wildman–Crippen MR) is 152 cm³/mol. The number of aromatic hydroxyl groups is 2. The molecule has 0 aliphatic rings. The van der Waals surface area contributed by atoms with Gasteiger partial charge >= 0.3 is 0 Å². The molecule has 210 valence electrons. The number of aliphatic hydroxyl groups is 1. The van der Waals surface area contributed by atoms with Gasteiger partial charge in [-0.2, -0.15) is 0 Å². The summed E-state index contributed by atoms with van der Waals surface area (Å²) in [7, 11) is -3.59. The second kappa shape index (κ2) is 12.7. The van der Waals surface area contributed by atoms with Crippen LogP contribution < -0.4 is 15.4 Å². The molecule has 1 atom stereocenters. The number of carbonyl (C=O) groups is 1. The van der Waals surface area contributed by atoms with Gasteiger partial charge in [0.25, 0.3) is 0 Å². The van der Waals surface area contributed by atoms with Gasteiger partial charge in [-0.05, 0) is 61.2 Å². The quantitative estimate of drug-likeness (QED) is 0.181. The number of hydrogen-bond donors (Lipinski definition) is 6. The van der Waals surface area contributed by atoms with E-state index in [2.05, 4.69) is 15.4 Å². The van der Waals surface area contributed by atoms with Gasteiger partial charge < -0.3 is 26.0 Å². The standard InChI is InChI=1S/C28H34ClN3O6S/c1-28(2,31-17-26(35)20-8-10-24(33)23(13-20)32-39(3,37)38)15-19-6-4-5-18(11-19)12-27(36)30-16-21-7-9-22(29)14-25(21)34/h4-11,13-14,26,31-35H,12,15-17H2,1-3H3,(H,30,36)/t26-/m1/s1. The third-order valence-corrected chi connectivity index (χ3v) is 6.83. The van der Waals surface area contributed by atoms with E-state index in [0.717, 1.165) is 17.4 Å². The van der Waals surface area contributed by atoms with Crippen molar-refractivity contribution in [3.63, 3.8) is 0 Å². The fourth-order valence-corrected chi connectivity index (χ4v) is 4.81. The molecule has 0 saturated carbocycles. The van der Waals surface area contributed by atoms with Crippen LogP contribution in [0.25, 0.3) is 0 Å². The first-order valence-electron chi connectivity index (χ1n) is 12.3. The first-order valence-corrected chi connectivity index (χ1v) is 14.5. The van der Waals surface area contributed by atoms with Crippen LogP contribution >= 0.6 is 11.6 Å². The Morgan fingerprint density at radius 1 is 1.00 bits per heavy atom. The molecule has 3 rings (SSSR count). The lowest BCUT2D eigenvalue weighted by atomic mass is 9.93. The number of sulfonamides is 1. The van der Waals surface area contributed by atoms with Crippen LogP contribution in [0.4, 0.5) is 5.69 Å². The maximum atomic E-state index is 12.5. The van der Waals surface area contributed by atoms with E-state index in [-0.39, 0.29) is 42.6 Å². The van der Waals surface area contributed by atoms with E-state index in [4.69, 9.17) is 11.6 Å². The molecule has 0 aliphatic heterocycles. The summed E-state index contributed by atoms with van der Waals surface area (Å²) >= 11 is 5.85. The number of rotatable bonds is 12. The van der Waals surface area contributed by atoms with Gasteiger partial charge in [0, 0.05) is 29.2 Å². The summed E-state index contributed by atoms with van der Waals surface area (Å²) in [5.74, 6) is -0.386. The molecule has 39 heavy (non-hydrogen) atoms. The highest BCUT2D eigenvalue weighted by Crippen LogP contribution is 2.28. The van der Waals surface area contributed by atoms with Gasteiger partial charge in [-0.3, -0.25) is 9.52 Å². The van der Waals surface area contributed by atoms with Crippen LogP contribution in [0.2, 0.25) is 5.02 Å². The Morgan fingerprint density at radius 3 is 2.41 bits per heavy atom. The van der Waals surface area contributed by atoms with E-state index in [1.165, 1.54) is 24.3 Å². The van der Waals surface area contributed by atoms with E-state index < -0.39 is 21.7 Å². The Hall–Kier alpha value is -3.31. The third-order valence-electron chi connectivity index (χ3n) is 6.00. The molecular formula is C28H34ClN3O6S. The van der Waals surface area contributed by atoms with Crippen molar-refractivity contribution in [1.82, 2.24) is 10.6 Å². The lowest BCUT2D eigenvalue weighted by Crippen LogP contribution is -2.43. The smallest absolute Gasteiger partial charge is 0.229 e. The molecule has 0 bridgehead atoms. The summed E-state index contributed by atoms with van der Waals surface area (Å²) in [6, 6.07) is 16.7. The normalized spacial score (nSPS) is 12.6. The molecule has 0 radical (unpaired) electrons. The molecule has 0 aromatic heterocycles. The van der Waals surface area contributed by atoms with Crippen molar-refractivity contribution in [2.45, 2.75) is 44.9 Å². The zero-order chi connectivity index (χ0) is 28.8. The number of halogens is 1. The highest BCUT2D eigenvalue weighted by molar-refractivity contribution is 7.92. The summed E-state index contributed by atoms with van der Waals surface area (Å²) in [6.07, 6.45) is 0.831. The summed E-state index contributed by atoms with van der Waals surface area (Å²) < 4.78 is 25.3. The topological polar surface area (TPSA) is 148 Å². The van der Waals surface area contributed by atoms with Crippen molar-refractivity contribution in [3.05, 3.63) is 87.9 Å². The van der Waals surface area contributed by atoms with Crippen LogP contribution in [-0.2, 0) is 34.2 Å². The monoisotopic (exact) mass is 575 g/mol. The summed E-state index contributed by atoms with van der Waals surface area (Å²) in [6.45, 7) is 4.36. The molecule has 0 spiro atoms. The lowest BCUT2D eigenvalue weighted by molar-refractivity contribution is -0.120. The Balaban J connectivity index is 1.55. The molecule has 0 unspecified atom stereocenters. The predicted octanol–water partition coefficient (Wildman–Crippen LogP) is 3.63. The van der Waals surface area contributed by atoms with Crippen molar-refractivity contribution in [3.8, 4) is 11.5 Å². The number of benzene rings is 3. The number of β-amino-alcohol motifs (C(OH)–C–C–N with tert-alkyl or cyclic N) is 1. The molecule has 0 heterocycles. The molecule has 9 nitrogen and oxygen atoms in total. The first-order chi connectivity index (χ1) is 18.2. The molecule has 0 saturated heterocycles. The van der Waals surface area contributed by atoms with Crippen LogP contribution in [0.15, 0.2) is 60.7 Å². The molecular weight excluding hydrogens is 542 g/mol. The van der Waals surface area contributed by atoms with Gasteiger partial charge in [0.15, 0.2) is 0 Å². The minimum atomic E-state index is -3.59. The molecule has 6 N–H and O–H groups in total. The highest BCUT2D eigenvalue weighted by atomic mass is 35.5. The van der Waals surface area contributed by atoms with Crippen molar-refractivity contribution in [2.75, 3.05) is 17.5 Å². The number of phenolic OH excluding ortho intramolecular Hbond substituents is 2. The number of hydrogen-bond acceptors (Lipinski definition) is 7.